The van der Waals surface area contributed by atoms with Crippen LogP contribution in [-0.2, 0) is 19.4 Å². The molecule has 1 N–H and O–H groups in total. The molecule has 0 spiro atoms. The molecule has 106 valence electrons. The third-order valence-corrected chi connectivity index (χ3v) is 5.26. The number of thiazole rings is 1. The molecule has 1 unspecified atom stereocenters. The Morgan fingerprint density at radius 2 is 2.20 bits per heavy atom. The average molecular weight is 286 g/mol. The maximum Gasteiger partial charge on any atom is 0.101 e. The second-order valence-electron chi connectivity index (χ2n) is 5.49. The first-order chi connectivity index (χ1) is 9.83. The van der Waals surface area contributed by atoms with Crippen molar-refractivity contribution in [3.63, 3.8) is 0 Å². The van der Waals surface area contributed by atoms with Crippen molar-refractivity contribution in [3.05, 3.63) is 51.0 Å². The number of rotatable bonds is 5. The van der Waals surface area contributed by atoms with Gasteiger partial charge in [0.25, 0.3) is 0 Å². The second-order valence-corrected chi connectivity index (χ2v) is 6.61. The predicted molar refractivity (Wildman–Crippen MR) is 85.5 cm³/mol. The summed E-state index contributed by atoms with van der Waals surface area (Å²) in [5.74, 6) is 0.525. The number of fused-ring (bicyclic) bond motifs is 1. The first kappa shape index (κ1) is 13.8. The molecule has 1 aromatic heterocycles. The van der Waals surface area contributed by atoms with Crippen molar-refractivity contribution < 1.29 is 0 Å². The Morgan fingerprint density at radius 1 is 1.35 bits per heavy atom. The largest absolute Gasteiger partial charge is 0.315 e. The monoisotopic (exact) mass is 286 g/mol. The highest BCUT2D eigenvalue weighted by Gasteiger charge is 2.27. The summed E-state index contributed by atoms with van der Waals surface area (Å²) in [6.45, 7) is 3.18. The molecule has 0 saturated heterocycles. The minimum atomic E-state index is 0.525. The topological polar surface area (TPSA) is 24.9 Å². The van der Waals surface area contributed by atoms with E-state index in [0.29, 0.717) is 5.92 Å². The smallest absolute Gasteiger partial charge is 0.101 e. The predicted octanol–water partition coefficient (Wildman–Crippen LogP) is 3.89. The van der Waals surface area contributed by atoms with Gasteiger partial charge in [-0.25, -0.2) is 4.98 Å². The molecule has 0 radical (unpaired) electrons. The van der Waals surface area contributed by atoms with Gasteiger partial charge in [0.2, 0.25) is 0 Å². The van der Waals surface area contributed by atoms with Gasteiger partial charge in [-0.2, -0.15) is 0 Å². The number of nitrogens with zero attached hydrogens (tertiary/aromatic N) is 1. The quantitative estimate of drug-likeness (QED) is 0.902. The molecule has 0 bridgehead atoms. The van der Waals surface area contributed by atoms with Crippen LogP contribution in [0.2, 0.25) is 0 Å². The Balaban J connectivity index is 1.93. The molecular formula is C17H22N2S. The van der Waals surface area contributed by atoms with Crippen molar-refractivity contribution in [2.45, 2.75) is 45.1 Å². The van der Waals surface area contributed by atoms with Crippen LogP contribution in [0.25, 0.3) is 0 Å². The molecule has 1 aromatic carbocycles. The molecule has 0 aliphatic heterocycles. The van der Waals surface area contributed by atoms with Crippen molar-refractivity contribution in [2.75, 3.05) is 7.05 Å². The summed E-state index contributed by atoms with van der Waals surface area (Å²) in [6, 6.07) is 8.86. The first-order valence-electron chi connectivity index (χ1n) is 7.54. The Bertz CT molecular complexity index is 565. The van der Waals surface area contributed by atoms with Crippen LogP contribution in [0.5, 0.6) is 0 Å². The van der Waals surface area contributed by atoms with Gasteiger partial charge >= 0.3 is 0 Å². The van der Waals surface area contributed by atoms with Crippen molar-refractivity contribution in [2.24, 2.45) is 0 Å². The molecule has 1 heterocycles. The van der Waals surface area contributed by atoms with E-state index in [4.69, 9.17) is 4.98 Å². The van der Waals surface area contributed by atoms with E-state index in [1.165, 1.54) is 46.0 Å². The number of aryl methyl sites for hydroxylation is 2. The number of aromatic nitrogens is 1. The first-order valence-corrected chi connectivity index (χ1v) is 8.36. The van der Waals surface area contributed by atoms with E-state index in [0.717, 1.165) is 13.0 Å². The van der Waals surface area contributed by atoms with Crippen LogP contribution >= 0.6 is 11.3 Å². The van der Waals surface area contributed by atoms with Crippen molar-refractivity contribution in [1.82, 2.24) is 10.3 Å². The summed E-state index contributed by atoms with van der Waals surface area (Å²) in [6.07, 6.45) is 4.69. The van der Waals surface area contributed by atoms with Gasteiger partial charge in [0.05, 0.1) is 5.69 Å². The summed E-state index contributed by atoms with van der Waals surface area (Å²) >= 11 is 1.91. The lowest BCUT2D eigenvalue weighted by molar-refractivity contribution is 0.763. The van der Waals surface area contributed by atoms with Gasteiger partial charge in [0.1, 0.15) is 5.01 Å². The van der Waals surface area contributed by atoms with Crippen molar-refractivity contribution in [1.29, 1.82) is 0 Å². The molecule has 1 aliphatic rings. The van der Waals surface area contributed by atoms with Gasteiger partial charge in [-0.3, -0.25) is 0 Å². The van der Waals surface area contributed by atoms with E-state index in [2.05, 4.69) is 36.5 Å². The summed E-state index contributed by atoms with van der Waals surface area (Å²) in [5.41, 5.74) is 4.33. The maximum atomic E-state index is 4.98. The molecule has 1 atom stereocenters. The van der Waals surface area contributed by atoms with Gasteiger partial charge in [-0.05, 0) is 37.4 Å². The zero-order valence-corrected chi connectivity index (χ0v) is 13.1. The highest BCUT2D eigenvalue weighted by Crippen LogP contribution is 2.40. The summed E-state index contributed by atoms with van der Waals surface area (Å²) in [7, 11) is 2.01. The Hall–Kier alpha value is -1.19. The molecule has 0 saturated carbocycles. The van der Waals surface area contributed by atoms with E-state index < -0.39 is 0 Å². The molecule has 1 aliphatic carbocycles. The number of nitrogens with one attached hydrogen (secondary N) is 1. The minimum absolute atomic E-state index is 0.525. The van der Waals surface area contributed by atoms with Gasteiger partial charge in [0, 0.05) is 17.3 Å². The lowest BCUT2D eigenvalue weighted by Crippen LogP contribution is -2.05. The maximum absolute atomic E-state index is 4.98. The van der Waals surface area contributed by atoms with Crippen LogP contribution in [0.3, 0.4) is 0 Å². The fraction of sp³-hybridized carbons (Fsp3) is 0.471. The average Bonchev–Trinajstić information content (AvgIpc) is 3.04. The lowest BCUT2D eigenvalue weighted by Gasteiger charge is -2.07. The third kappa shape index (κ3) is 2.52. The number of hydrogen-bond donors (Lipinski definition) is 1. The van der Waals surface area contributed by atoms with Gasteiger partial charge in [-0.1, -0.05) is 37.6 Å². The molecule has 2 aromatic rings. The van der Waals surface area contributed by atoms with Crippen LogP contribution in [0.15, 0.2) is 24.3 Å². The van der Waals surface area contributed by atoms with Crippen LogP contribution < -0.4 is 5.32 Å². The molecule has 20 heavy (non-hydrogen) atoms. The van der Waals surface area contributed by atoms with E-state index in [1.807, 2.05) is 18.4 Å². The Morgan fingerprint density at radius 3 is 3.00 bits per heavy atom. The molecule has 0 amide bonds. The van der Waals surface area contributed by atoms with Crippen molar-refractivity contribution >= 4 is 11.3 Å². The fourth-order valence-electron chi connectivity index (χ4n) is 3.10. The van der Waals surface area contributed by atoms with Crippen molar-refractivity contribution in [3.8, 4) is 0 Å². The number of benzene rings is 1. The van der Waals surface area contributed by atoms with Crippen LogP contribution in [-0.4, -0.2) is 12.0 Å². The summed E-state index contributed by atoms with van der Waals surface area (Å²) in [5, 5.41) is 4.60. The van der Waals surface area contributed by atoms with Crippen LogP contribution in [0, 0.1) is 0 Å². The van der Waals surface area contributed by atoms with E-state index >= 15 is 0 Å². The van der Waals surface area contributed by atoms with E-state index in [1.54, 1.807) is 0 Å². The normalized spacial score (nSPS) is 17.4. The third-order valence-electron chi connectivity index (χ3n) is 4.05. The summed E-state index contributed by atoms with van der Waals surface area (Å²) < 4.78 is 0. The Kier molecular flexibility index (Phi) is 4.18. The fourth-order valence-corrected chi connectivity index (χ4v) is 4.37. The minimum Gasteiger partial charge on any atom is -0.315 e. The molecular weight excluding hydrogens is 264 g/mol. The van der Waals surface area contributed by atoms with Gasteiger partial charge < -0.3 is 5.32 Å². The number of hydrogen-bond acceptors (Lipinski definition) is 3. The highest BCUT2D eigenvalue weighted by atomic mass is 32.1. The van der Waals surface area contributed by atoms with E-state index in [9.17, 15) is 0 Å². The molecule has 3 heteroatoms. The molecule has 0 fully saturated rings. The van der Waals surface area contributed by atoms with Gasteiger partial charge in [-0.15, -0.1) is 11.3 Å². The zero-order chi connectivity index (χ0) is 13.9. The Labute approximate surface area is 125 Å². The lowest BCUT2D eigenvalue weighted by atomic mass is 10.0. The second kappa shape index (κ2) is 6.06. The molecule has 3 rings (SSSR count). The standard InChI is InChI=1S/C17H22N2S/c1-3-6-15-16(11-18-2)20-17(19-15)14-10-9-12-7-4-5-8-13(12)14/h4-5,7-8,14,18H,3,6,9-11H2,1-2H3. The molecule has 2 nitrogen and oxygen atoms in total. The zero-order valence-electron chi connectivity index (χ0n) is 12.3. The highest BCUT2D eigenvalue weighted by molar-refractivity contribution is 7.11. The van der Waals surface area contributed by atoms with E-state index in [-0.39, 0.29) is 0 Å². The van der Waals surface area contributed by atoms with Crippen LogP contribution in [0.1, 0.15) is 52.4 Å². The van der Waals surface area contributed by atoms with Gasteiger partial charge in [0.15, 0.2) is 0 Å². The SMILES string of the molecule is CCCc1nc(C2CCc3ccccc32)sc1CNC. The summed E-state index contributed by atoms with van der Waals surface area (Å²) in [4.78, 5) is 6.40. The van der Waals surface area contributed by atoms with Crippen LogP contribution in [0.4, 0.5) is 0 Å².